The van der Waals surface area contributed by atoms with Crippen molar-refractivity contribution in [2.24, 2.45) is 0 Å². The van der Waals surface area contributed by atoms with Gasteiger partial charge in [-0.05, 0) is 24.6 Å². The van der Waals surface area contributed by atoms with Gasteiger partial charge in [-0.2, -0.15) is 0 Å². The first kappa shape index (κ1) is 18.9. The highest BCUT2D eigenvalue weighted by Crippen LogP contribution is 2.31. The SMILES string of the molecule is CCN(Cc1ccccc1)c1cc(C(=O)N2CCC3(CC2)OCCO3)ccn1. The molecule has 6 heteroatoms. The second kappa shape index (κ2) is 8.29. The molecule has 0 radical (unpaired) electrons. The number of nitrogens with zero attached hydrogens (tertiary/aromatic N) is 3. The van der Waals surface area contributed by atoms with Crippen LogP contribution in [0.25, 0.3) is 0 Å². The summed E-state index contributed by atoms with van der Waals surface area (Å²) in [5.74, 6) is 0.412. The van der Waals surface area contributed by atoms with Gasteiger partial charge in [-0.25, -0.2) is 4.98 Å². The number of amides is 1. The van der Waals surface area contributed by atoms with Crippen molar-refractivity contribution >= 4 is 11.7 Å². The molecule has 0 aliphatic carbocycles. The van der Waals surface area contributed by atoms with E-state index in [1.807, 2.05) is 29.2 Å². The maximum atomic E-state index is 13.0. The summed E-state index contributed by atoms with van der Waals surface area (Å²) in [5.41, 5.74) is 1.90. The maximum Gasteiger partial charge on any atom is 0.254 e. The van der Waals surface area contributed by atoms with E-state index in [0.717, 1.165) is 31.7 Å². The van der Waals surface area contributed by atoms with Crippen LogP contribution in [-0.2, 0) is 16.0 Å². The quantitative estimate of drug-likeness (QED) is 0.797. The van der Waals surface area contributed by atoms with Crippen LogP contribution in [0.15, 0.2) is 48.7 Å². The van der Waals surface area contributed by atoms with Gasteiger partial charge in [0.05, 0.1) is 13.2 Å². The first-order chi connectivity index (χ1) is 13.7. The number of anilines is 1. The molecule has 4 rings (SSSR count). The fraction of sp³-hybridized carbons (Fsp3) is 0.455. The predicted molar refractivity (Wildman–Crippen MR) is 107 cm³/mol. The third kappa shape index (κ3) is 4.03. The highest BCUT2D eigenvalue weighted by atomic mass is 16.7. The molecule has 1 amide bonds. The summed E-state index contributed by atoms with van der Waals surface area (Å²) >= 11 is 0. The van der Waals surface area contributed by atoms with Crippen LogP contribution in [0.1, 0.15) is 35.7 Å². The molecule has 2 aromatic rings. The normalized spacial score (nSPS) is 18.4. The molecule has 3 heterocycles. The van der Waals surface area contributed by atoms with Gasteiger partial charge in [-0.1, -0.05) is 30.3 Å². The van der Waals surface area contributed by atoms with Gasteiger partial charge >= 0.3 is 0 Å². The molecule has 2 saturated heterocycles. The lowest BCUT2D eigenvalue weighted by Gasteiger charge is -2.37. The van der Waals surface area contributed by atoms with Gasteiger partial charge in [0, 0.05) is 50.8 Å². The monoisotopic (exact) mass is 381 g/mol. The number of likely N-dealkylation sites (tertiary alicyclic amines) is 1. The highest BCUT2D eigenvalue weighted by Gasteiger charge is 2.40. The van der Waals surface area contributed by atoms with E-state index < -0.39 is 5.79 Å². The van der Waals surface area contributed by atoms with Crippen molar-refractivity contribution in [2.75, 3.05) is 37.7 Å². The van der Waals surface area contributed by atoms with Crippen molar-refractivity contribution < 1.29 is 14.3 Å². The van der Waals surface area contributed by atoms with Crippen molar-refractivity contribution in [3.63, 3.8) is 0 Å². The van der Waals surface area contributed by atoms with Crippen LogP contribution in [0.2, 0.25) is 0 Å². The Bertz CT molecular complexity index is 796. The molecule has 6 nitrogen and oxygen atoms in total. The third-order valence-corrected chi connectivity index (χ3v) is 5.54. The van der Waals surface area contributed by atoms with E-state index in [4.69, 9.17) is 9.47 Å². The molecule has 0 N–H and O–H groups in total. The van der Waals surface area contributed by atoms with E-state index >= 15 is 0 Å². The van der Waals surface area contributed by atoms with Crippen LogP contribution in [-0.4, -0.2) is 54.4 Å². The number of hydrogen-bond acceptors (Lipinski definition) is 5. The summed E-state index contributed by atoms with van der Waals surface area (Å²) in [4.78, 5) is 21.6. The van der Waals surface area contributed by atoms with Gasteiger partial charge < -0.3 is 19.3 Å². The van der Waals surface area contributed by atoms with E-state index in [-0.39, 0.29) is 5.91 Å². The Hall–Kier alpha value is -2.44. The number of benzene rings is 1. The van der Waals surface area contributed by atoms with Gasteiger partial charge in [-0.3, -0.25) is 4.79 Å². The van der Waals surface area contributed by atoms with Gasteiger partial charge in [0.15, 0.2) is 5.79 Å². The fourth-order valence-corrected chi connectivity index (χ4v) is 3.90. The van der Waals surface area contributed by atoms with Crippen LogP contribution in [0.5, 0.6) is 0 Å². The lowest BCUT2D eigenvalue weighted by molar-refractivity contribution is -0.181. The van der Waals surface area contributed by atoms with E-state index in [0.29, 0.717) is 31.9 Å². The zero-order valence-electron chi connectivity index (χ0n) is 16.3. The van der Waals surface area contributed by atoms with E-state index in [9.17, 15) is 4.79 Å². The lowest BCUT2D eigenvalue weighted by Crippen LogP contribution is -2.47. The Morgan fingerprint density at radius 3 is 2.54 bits per heavy atom. The van der Waals surface area contributed by atoms with Crippen molar-refractivity contribution in [2.45, 2.75) is 32.1 Å². The molecular weight excluding hydrogens is 354 g/mol. The average Bonchev–Trinajstić information content (AvgIpc) is 3.21. The minimum atomic E-state index is -0.463. The molecule has 0 atom stereocenters. The molecule has 0 unspecified atom stereocenters. The Morgan fingerprint density at radius 1 is 1.14 bits per heavy atom. The minimum absolute atomic E-state index is 0.0484. The largest absolute Gasteiger partial charge is 0.353 e. The van der Waals surface area contributed by atoms with Crippen LogP contribution in [0.4, 0.5) is 5.82 Å². The predicted octanol–water partition coefficient (Wildman–Crippen LogP) is 3.09. The fourth-order valence-electron chi connectivity index (χ4n) is 3.90. The number of carbonyl (C=O) groups excluding carboxylic acids is 1. The van der Waals surface area contributed by atoms with Gasteiger partial charge in [-0.15, -0.1) is 0 Å². The molecule has 1 spiro atoms. The molecule has 0 bridgehead atoms. The van der Waals surface area contributed by atoms with Crippen LogP contribution in [0, 0.1) is 0 Å². The number of hydrogen-bond donors (Lipinski definition) is 0. The molecule has 0 saturated carbocycles. The molecule has 28 heavy (non-hydrogen) atoms. The van der Waals surface area contributed by atoms with E-state index in [2.05, 4.69) is 28.9 Å². The zero-order chi connectivity index (χ0) is 19.4. The summed E-state index contributed by atoms with van der Waals surface area (Å²) < 4.78 is 11.5. The van der Waals surface area contributed by atoms with Crippen molar-refractivity contribution in [1.82, 2.24) is 9.88 Å². The number of pyridine rings is 1. The smallest absolute Gasteiger partial charge is 0.254 e. The minimum Gasteiger partial charge on any atom is -0.353 e. The second-order valence-corrected chi connectivity index (χ2v) is 7.30. The summed E-state index contributed by atoms with van der Waals surface area (Å²) in [6.07, 6.45) is 3.18. The zero-order valence-corrected chi connectivity index (χ0v) is 16.3. The lowest BCUT2D eigenvalue weighted by atomic mass is 10.0. The standard InChI is InChI=1S/C22H27N3O3/c1-2-24(17-18-6-4-3-5-7-18)20-16-19(8-11-23-20)21(26)25-12-9-22(10-13-25)27-14-15-28-22/h3-8,11,16H,2,9-10,12-15,17H2,1H3. The first-order valence-corrected chi connectivity index (χ1v) is 10.0. The van der Waals surface area contributed by atoms with Crippen LogP contribution in [0.3, 0.4) is 0 Å². The first-order valence-electron chi connectivity index (χ1n) is 10.0. The Balaban J connectivity index is 1.44. The molecule has 2 fully saturated rings. The Kier molecular flexibility index (Phi) is 5.59. The van der Waals surface area contributed by atoms with Crippen molar-refractivity contribution in [1.29, 1.82) is 0 Å². The van der Waals surface area contributed by atoms with Crippen molar-refractivity contribution in [3.8, 4) is 0 Å². The molecule has 2 aliphatic rings. The number of rotatable bonds is 5. The molecule has 1 aromatic heterocycles. The Labute approximate surface area is 166 Å². The van der Waals surface area contributed by atoms with Crippen molar-refractivity contribution in [3.05, 3.63) is 59.8 Å². The molecule has 1 aromatic carbocycles. The van der Waals surface area contributed by atoms with E-state index in [1.54, 1.807) is 12.3 Å². The summed E-state index contributed by atoms with van der Waals surface area (Å²) in [6, 6.07) is 14.0. The molecular formula is C22H27N3O3. The van der Waals surface area contributed by atoms with Gasteiger partial charge in [0.1, 0.15) is 5.82 Å². The van der Waals surface area contributed by atoms with Gasteiger partial charge in [0.25, 0.3) is 5.91 Å². The van der Waals surface area contributed by atoms with E-state index in [1.165, 1.54) is 5.56 Å². The second-order valence-electron chi connectivity index (χ2n) is 7.30. The topological polar surface area (TPSA) is 54.9 Å². The maximum absolute atomic E-state index is 13.0. The number of piperidine rings is 1. The summed E-state index contributed by atoms with van der Waals surface area (Å²) in [5, 5.41) is 0. The van der Waals surface area contributed by atoms with Crippen LogP contribution >= 0.6 is 0 Å². The number of carbonyl (C=O) groups is 1. The van der Waals surface area contributed by atoms with Crippen LogP contribution < -0.4 is 4.90 Å². The summed E-state index contributed by atoms with van der Waals surface area (Å²) in [6.45, 7) is 6.29. The summed E-state index contributed by atoms with van der Waals surface area (Å²) in [7, 11) is 0. The number of ether oxygens (including phenoxy) is 2. The average molecular weight is 381 g/mol. The van der Waals surface area contributed by atoms with Gasteiger partial charge in [0.2, 0.25) is 0 Å². The molecule has 148 valence electrons. The third-order valence-electron chi connectivity index (χ3n) is 5.54. The number of aromatic nitrogens is 1. The highest BCUT2D eigenvalue weighted by molar-refractivity contribution is 5.95. The Morgan fingerprint density at radius 2 is 1.86 bits per heavy atom. The molecule has 2 aliphatic heterocycles.